The Morgan fingerprint density at radius 2 is 1.12 bits per heavy atom. The second kappa shape index (κ2) is 7.87. The van der Waals surface area contributed by atoms with Crippen molar-refractivity contribution in [3.05, 3.63) is 0 Å². The average molecular weight is 204 g/mol. The first-order valence-corrected chi connectivity index (χ1v) is 2.10. The Kier molecular flexibility index (Phi) is 22.8. The second-order valence-corrected chi connectivity index (χ2v) is 1.34. The van der Waals surface area contributed by atoms with Gasteiger partial charge in [-0.15, -0.1) is 0 Å². The van der Waals surface area contributed by atoms with Gasteiger partial charge in [0.1, 0.15) is 0 Å². The van der Waals surface area contributed by atoms with E-state index >= 15 is 0 Å². The molecule has 0 saturated heterocycles. The van der Waals surface area contributed by atoms with Gasteiger partial charge in [0.25, 0.3) is 0 Å². The predicted octanol–water partition coefficient (Wildman–Crippen LogP) is -1.68. The molecule has 0 aromatic carbocycles. The van der Waals surface area contributed by atoms with Gasteiger partial charge in [0.15, 0.2) is 17.4 Å². The van der Waals surface area contributed by atoms with Gasteiger partial charge in [0.2, 0.25) is 0 Å². The molecule has 0 heterocycles. The second-order valence-electron chi connectivity index (χ2n) is 0.448. The summed E-state index contributed by atoms with van der Waals surface area (Å²) in [6.45, 7) is 0. The zero-order valence-electron chi connectivity index (χ0n) is 3.16. The molecular formula is H8AlCoNO4S. The maximum Gasteiger partial charge on any atom is 0.394 e. The normalized spacial score (nSPS) is 7.25. The van der Waals surface area contributed by atoms with Gasteiger partial charge in [-0.05, 0) is 0 Å². The van der Waals surface area contributed by atoms with Crippen LogP contribution >= 0.6 is 0 Å². The summed E-state index contributed by atoms with van der Waals surface area (Å²) in [5, 5.41) is 0. The van der Waals surface area contributed by atoms with Crippen molar-refractivity contribution in [1.29, 1.82) is 0 Å². The zero-order chi connectivity index (χ0) is 4.50. The van der Waals surface area contributed by atoms with E-state index in [0.717, 1.165) is 0 Å². The molecular weight excluding hydrogens is 196 g/mol. The molecule has 0 aliphatic heterocycles. The van der Waals surface area contributed by atoms with E-state index in [4.69, 9.17) is 17.5 Å². The minimum absolute atomic E-state index is 0. The fourth-order valence-corrected chi connectivity index (χ4v) is 0. The molecule has 0 aromatic rings. The Morgan fingerprint density at radius 1 is 1.12 bits per heavy atom. The van der Waals surface area contributed by atoms with Crippen molar-refractivity contribution in [2.75, 3.05) is 0 Å². The van der Waals surface area contributed by atoms with Crippen LogP contribution in [-0.2, 0) is 27.2 Å². The molecule has 1 radical (unpaired) electrons. The Morgan fingerprint density at radius 3 is 1.12 bits per heavy atom. The molecule has 0 saturated carbocycles. The minimum Gasteiger partial charge on any atom is -0.344 e. The van der Waals surface area contributed by atoms with Crippen LogP contribution in [-0.4, -0.2) is 34.9 Å². The smallest absolute Gasteiger partial charge is 0.344 e. The van der Waals surface area contributed by atoms with Crippen LogP contribution in [0.15, 0.2) is 0 Å². The van der Waals surface area contributed by atoms with Crippen molar-refractivity contribution in [3.8, 4) is 0 Å². The molecule has 0 aromatic heterocycles. The van der Waals surface area contributed by atoms with Crippen LogP contribution in [0.2, 0.25) is 0 Å². The van der Waals surface area contributed by atoms with Crippen LogP contribution in [0.3, 0.4) is 0 Å². The van der Waals surface area contributed by atoms with E-state index in [1.165, 1.54) is 0 Å². The average Bonchev–Trinajstić information content (AvgIpc) is 0.722. The van der Waals surface area contributed by atoms with Crippen LogP contribution in [0.5, 0.6) is 0 Å². The summed E-state index contributed by atoms with van der Waals surface area (Å²) in [6.07, 6.45) is 0. The Labute approximate surface area is 68.3 Å². The van der Waals surface area contributed by atoms with Crippen LogP contribution in [0.1, 0.15) is 0 Å². The fourth-order valence-electron chi connectivity index (χ4n) is 0. The van der Waals surface area contributed by atoms with Gasteiger partial charge in [0, 0.05) is 16.8 Å². The molecule has 0 aliphatic carbocycles. The Balaban J connectivity index is -0.0000000267. The molecule has 0 aliphatic rings. The van der Waals surface area contributed by atoms with Gasteiger partial charge in [0.05, 0.1) is 0 Å². The van der Waals surface area contributed by atoms with Gasteiger partial charge in [-0.25, -0.2) is 0 Å². The van der Waals surface area contributed by atoms with E-state index in [2.05, 4.69) is 0 Å². The van der Waals surface area contributed by atoms with E-state index in [1.54, 1.807) is 0 Å². The van der Waals surface area contributed by atoms with Crippen molar-refractivity contribution < 1.29 is 34.3 Å². The molecule has 55 valence electrons. The van der Waals surface area contributed by atoms with E-state index in [1.807, 2.05) is 0 Å². The van der Waals surface area contributed by atoms with Crippen molar-refractivity contribution in [2.24, 2.45) is 0 Å². The third-order valence-corrected chi connectivity index (χ3v) is 0. The van der Waals surface area contributed by atoms with Gasteiger partial charge in [-0.1, -0.05) is 0 Å². The molecule has 0 unspecified atom stereocenters. The van der Waals surface area contributed by atoms with Crippen molar-refractivity contribution >= 4 is 27.8 Å². The van der Waals surface area contributed by atoms with Gasteiger partial charge in [-0.3, -0.25) is 9.11 Å². The van der Waals surface area contributed by atoms with Gasteiger partial charge in [-0.2, -0.15) is 8.42 Å². The van der Waals surface area contributed by atoms with Crippen molar-refractivity contribution in [1.82, 2.24) is 6.15 Å². The molecule has 8 heavy (non-hydrogen) atoms. The summed E-state index contributed by atoms with van der Waals surface area (Å²) in [7, 11) is -4.67. The first-order valence-electron chi connectivity index (χ1n) is 0.698. The van der Waals surface area contributed by atoms with Crippen LogP contribution < -0.4 is 6.15 Å². The summed E-state index contributed by atoms with van der Waals surface area (Å²) in [4.78, 5) is 0. The van der Waals surface area contributed by atoms with E-state index in [9.17, 15) is 0 Å². The fraction of sp³-hybridized carbons (Fsp3) is 0. The molecule has 0 amide bonds. The summed E-state index contributed by atoms with van der Waals surface area (Å²) in [5.41, 5.74) is 0. The quantitative estimate of drug-likeness (QED) is 0.322. The maximum atomic E-state index is 8.74. The standard InChI is InChI=1S/Al.Co.H3N.H2O4S.3H/c;;;1-5(2,3)4;;;/h;;1H3;(H2,1,2,3,4);;;. The SMILES string of the molecule is N.O=S(=O)(O)O.[AlH3].[Co]. The molecule has 0 rings (SSSR count). The minimum atomic E-state index is -4.67. The molecule has 0 bridgehead atoms. The van der Waals surface area contributed by atoms with Gasteiger partial charge < -0.3 is 6.15 Å². The van der Waals surface area contributed by atoms with E-state index < -0.39 is 10.4 Å². The number of hydrogen-bond donors (Lipinski definition) is 3. The van der Waals surface area contributed by atoms with Gasteiger partial charge >= 0.3 is 10.4 Å². The number of rotatable bonds is 0. The van der Waals surface area contributed by atoms with Crippen LogP contribution in [0, 0.1) is 0 Å². The first kappa shape index (κ1) is 23.2. The molecule has 5 N–H and O–H groups in total. The third kappa shape index (κ3) is 313. The van der Waals surface area contributed by atoms with E-state index in [0.29, 0.717) is 0 Å². The summed E-state index contributed by atoms with van der Waals surface area (Å²) >= 11 is 0. The summed E-state index contributed by atoms with van der Waals surface area (Å²) in [5.74, 6) is 0. The third-order valence-electron chi connectivity index (χ3n) is 0. The maximum absolute atomic E-state index is 8.74. The van der Waals surface area contributed by atoms with E-state index in [-0.39, 0.29) is 40.3 Å². The first-order chi connectivity index (χ1) is 2.00. The predicted molar refractivity (Wildman–Crippen MR) is 29.1 cm³/mol. The molecule has 8 heteroatoms. The van der Waals surface area contributed by atoms with Crippen LogP contribution in [0.25, 0.3) is 0 Å². The molecule has 0 spiro atoms. The molecule has 5 nitrogen and oxygen atoms in total. The summed E-state index contributed by atoms with van der Waals surface area (Å²) < 4.78 is 31.6. The largest absolute Gasteiger partial charge is 0.394 e. The van der Waals surface area contributed by atoms with Crippen LogP contribution in [0.4, 0.5) is 0 Å². The Bertz CT molecular complexity index is 99.2. The zero-order valence-corrected chi connectivity index (χ0v) is 5.02. The molecule has 0 atom stereocenters. The molecule has 0 fully saturated rings. The number of hydrogen-bond acceptors (Lipinski definition) is 3. The Hall–Kier alpha value is 0.869. The topological polar surface area (TPSA) is 110 Å². The van der Waals surface area contributed by atoms with Crippen molar-refractivity contribution in [2.45, 2.75) is 0 Å². The summed E-state index contributed by atoms with van der Waals surface area (Å²) in [6, 6.07) is 0. The monoisotopic (exact) mass is 204 g/mol. The van der Waals surface area contributed by atoms with Crippen molar-refractivity contribution in [3.63, 3.8) is 0 Å².